The van der Waals surface area contributed by atoms with Gasteiger partial charge in [-0.1, -0.05) is 32.9 Å². The van der Waals surface area contributed by atoms with Crippen molar-refractivity contribution >= 4 is 23.2 Å². The molecule has 0 atom stereocenters. The van der Waals surface area contributed by atoms with Gasteiger partial charge in [-0.25, -0.2) is 4.39 Å². The van der Waals surface area contributed by atoms with Crippen molar-refractivity contribution in [2.45, 2.75) is 27.3 Å². The van der Waals surface area contributed by atoms with Crippen LogP contribution in [0.2, 0.25) is 0 Å². The zero-order chi connectivity index (χ0) is 21.0. The summed E-state index contributed by atoms with van der Waals surface area (Å²) in [6.07, 6.45) is 0. The van der Waals surface area contributed by atoms with E-state index in [1.807, 2.05) is 20.8 Å². The normalized spacial score (nSPS) is 11.2. The molecule has 2 aromatic carbocycles. The van der Waals surface area contributed by atoms with Crippen molar-refractivity contribution in [3.63, 3.8) is 0 Å². The van der Waals surface area contributed by atoms with E-state index in [4.69, 9.17) is 0 Å². The molecule has 0 saturated heterocycles. The Morgan fingerprint density at radius 3 is 2.38 bits per heavy atom. The molecular weight excluding hydrogens is 375 g/mol. The SMILES string of the molecule is CC(C)(C)C(=O)Nc1ccc(-c2nnn(CC(=O)Nc3ccccc3F)n2)cc1. The van der Waals surface area contributed by atoms with E-state index in [2.05, 4.69) is 26.0 Å². The molecule has 0 radical (unpaired) electrons. The Balaban J connectivity index is 1.63. The van der Waals surface area contributed by atoms with Crippen molar-refractivity contribution < 1.29 is 14.0 Å². The zero-order valence-corrected chi connectivity index (χ0v) is 16.3. The summed E-state index contributed by atoms with van der Waals surface area (Å²) in [6.45, 7) is 5.30. The van der Waals surface area contributed by atoms with Crippen LogP contribution in [0.4, 0.5) is 15.8 Å². The molecule has 2 N–H and O–H groups in total. The Kier molecular flexibility index (Phi) is 5.67. The second kappa shape index (κ2) is 8.17. The molecule has 0 aliphatic rings. The monoisotopic (exact) mass is 396 g/mol. The summed E-state index contributed by atoms with van der Waals surface area (Å²) in [5, 5.41) is 17.3. The molecule has 0 bridgehead atoms. The standard InChI is InChI=1S/C20H21FN6O2/c1-20(2,3)19(29)22-14-10-8-13(9-11-14)18-24-26-27(25-18)12-17(28)23-16-7-5-4-6-15(16)21/h4-11H,12H2,1-3H3,(H,22,29)(H,23,28). The van der Waals surface area contributed by atoms with Gasteiger partial charge in [-0.05, 0) is 41.6 Å². The van der Waals surface area contributed by atoms with Crippen LogP contribution in [-0.4, -0.2) is 32.0 Å². The molecule has 1 heterocycles. The third kappa shape index (κ3) is 5.22. The number of carbonyl (C=O) groups excluding carboxylic acids is 2. The van der Waals surface area contributed by atoms with Crippen molar-refractivity contribution in [3.8, 4) is 11.4 Å². The average Bonchev–Trinajstić information content (AvgIpc) is 3.12. The van der Waals surface area contributed by atoms with Crippen LogP contribution >= 0.6 is 0 Å². The molecule has 0 unspecified atom stereocenters. The summed E-state index contributed by atoms with van der Waals surface area (Å²) >= 11 is 0. The Bertz CT molecular complexity index is 1020. The van der Waals surface area contributed by atoms with Crippen LogP contribution in [0.1, 0.15) is 20.8 Å². The molecule has 9 heteroatoms. The number of amides is 2. The predicted octanol–water partition coefficient (Wildman–Crippen LogP) is 3.10. The van der Waals surface area contributed by atoms with Crippen molar-refractivity contribution in [2.75, 3.05) is 10.6 Å². The third-order valence-corrected chi connectivity index (χ3v) is 3.97. The number of aromatic nitrogens is 4. The molecule has 3 aromatic rings. The zero-order valence-electron chi connectivity index (χ0n) is 16.3. The summed E-state index contributed by atoms with van der Waals surface area (Å²) in [5.41, 5.74) is 0.933. The molecule has 29 heavy (non-hydrogen) atoms. The second-order valence-electron chi connectivity index (χ2n) is 7.45. The second-order valence-corrected chi connectivity index (χ2v) is 7.45. The number of hydrogen-bond acceptors (Lipinski definition) is 5. The highest BCUT2D eigenvalue weighted by molar-refractivity contribution is 5.94. The van der Waals surface area contributed by atoms with E-state index in [-0.39, 0.29) is 18.1 Å². The van der Waals surface area contributed by atoms with Gasteiger partial charge >= 0.3 is 0 Å². The lowest BCUT2D eigenvalue weighted by Gasteiger charge is -2.17. The number of rotatable bonds is 5. The van der Waals surface area contributed by atoms with Crippen LogP contribution in [0.5, 0.6) is 0 Å². The van der Waals surface area contributed by atoms with Crippen LogP contribution in [0.3, 0.4) is 0 Å². The Morgan fingerprint density at radius 1 is 1.03 bits per heavy atom. The maximum absolute atomic E-state index is 13.6. The number of halogens is 1. The van der Waals surface area contributed by atoms with E-state index in [9.17, 15) is 14.0 Å². The number of tetrazole rings is 1. The van der Waals surface area contributed by atoms with E-state index in [1.165, 1.54) is 18.2 Å². The highest BCUT2D eigenvalue weighted by Gasteiger charge is 2.21. The lowest BCUT2D eigenvalue weighted by Crippen LogP contribution is -2.27. The van der Waals surface area contributed by atoms with Gasteiger partial charge in [0.2, 0.25) is 17.6 Å². The number of carbonyl (C=O) groups is 2. The molecule has 3 rings (SSSR count). The molecule has 150 valence electrons. The summed E-state index contributed by atoms with van der Waals surface area (Å²) in [4.78, 5) is 25.2. The molecule has 0 aliphatic carbocycles. The Hall–Kier alpha value is -3.62. The number of hydrogen-bond donors (Lipinski definition) is 2. The van der Waals surface area contributed by atoms with Gasteiger partial charge in [0, 0.05) is 16.7 Å². The summed E-state index contributed by atoms with van der Waals surface area (Å²) in [5.74, 6) is -0.751. The number of anilines is 2. The summed E-state index contributed by atoms with van der Waals surface area (Å²) < 4.78 is 13.6. The van der Waals surface area contributed by atoms with Gasteiger partial charge in [0.1, 0.15) is 12.4 Å². The van der Waals surface area contributed by atoms with Gasteiger partial charge in [0.05, 0.1) is 5.69 Å². The number of benzene rings is 2. The fourth-order valence-electron chi connectivity index (χ4n) is 2.33. The lowest BCUT2D eigenvalue weighted by atomic mass is 9.95. The minimum atomic E-state index is -0.522. The molecule has 1 aromatic heterocycles. The molecule has 2 amide bonds. The van der Waals surface area contributed by atoms with E-state index in [0.29, 0.717) is 17.1 Å². The van der Waals surface area contributed by atoms with Gasteiger partial charge in [0.15, 0.2) is 0 Å². The molecule has 0 spiro atoms. The number of nitrogens with one attached hydrogen (secondary N) is 2. The van der Waals surface area contributed by atoms with Crippen molar-refractivity contribution in [1.82, 2.24) is 20.2 Å². The van der Waals surface area contributed by atoms with Gasteiger partial charge in [0.25, 0.3) is 0 Å². The predicted molar refractivity (Wildman–Crippen MR) is 106 cm³/mol. The topological polar surface area (TPSA) is 102 Å². The first-order chi connectivity index (χ1) is 13.7. The van der Waals surface area contributed by atoms with Gasteiger partial charge in [-0.3, -0.25) is 9.59 Å². The van der Waals surface area contributed by atoms with E-state index in [0.717, 1.165) is 4.80 Å². The molecule has 0 fully saturated rings. The Morgan fingerprint density at radius 2 is 1.72 bits per heavy atom. The van der Waals surface area contributed by atoms with Gasteiger partial charge < -0.3 is 10.6 Å². The summed E-state index contributed by atoms with van der Waals surface area (Å²) in [6, 6.07) is 12.9. The fraction of sp³-hybridized carbons (Fsp3) is 0.250. The molecule has 8 nitrogen and oxygen atoms in total. The highest BCUT2D eigenvalue weighted by atomic mass is 19.1. The lowest BCUT2D eigenvalue weighted by molar-refractivity contribution is -0.123. The van der Waals surface area contributed by atoms with Crippen molar-refractivity contribution in [3.05, 3.63) is 54.3 Å². The van der Waals surface area contributed by atoms with Gasteiger partial charge in [-0.15, -0.1) is 10.2 Å². The summed E-state index contributed by atoms with van der Waals surface area (Å²) in [7, 11) is 0. The van der Waals surface area contributed by atoms with E-state index in [1.54, 1.807) is 30.3 Å². The molecule has 0 aliphatic heterocycles. The van der Waals surface area contributed by atoms with Crippen LogP contribution < -0.4 is 10.6 Å². The minimum absolute atomic E-state index is 0.0878. The van der Waals surface area contributed by atoms with Crippen molar-refractivity contribution in [2.24, 2.45) is 5.41 Å². The maximum Gasteiger partial charge on any atom is 0.248 e. The quantitative estimate of drug-likeness (QED) is 0.690. The van der Waals surface area contributed by atoms with Crippen LogP contribution in [-0.2, 0) is 16.1 Å². The van der Waals surface area contributed by atoms with Crippen LogP contribution in [0.25, 0.3) is 11.4 Å². The first-order valence-corrected chi connectivity index (χ1v) is 8.96. The minimum Gasteiger partial charge on any atom is -0.326 e. The fourth-order valence-corrected chi connectivity index (χ4v) is 2.33. The van der Waals surface area contributed by atoms with E-state index < -0.39 is 17.1 Å². The highest BCUT2D eigenvalue weighted by Crippen LogP contribution is 2.20. The molecular formula is C20H21FN6O2. The van der Waals surface area contributed by atoms with Gasteiger partial charge in [-0.2, -0.15) is 4.80 Å². The smallest absolute Gasteiger partial charge is 0.248 e. The molecule has 0 saturated carbocycles. The largest absolute Gasteiger partial charge is 0.326 e. The first kappa shape index (κ1) is 20.1. The maximum atomic E-state index is 13.6. The van der Waals surface area contributed by atoms with E-state index >= 15 is 0 Å². The van der Waals surface area contributed by atoms with Crippen LogP contribution in [0.15, 0.2) is 48.5 Å². The average molecular weight is 396 g/mol. The first-order valence-electron chi connectivity index (χ1n) is 8.96. The number of nitrogens with zero attached hydrogens (tertiary/aromatic N) is 4. The third-order valence-electron chi connectivity index (χ3n) is 3.97. The number of para-hydroxylation sites is 1. The van der Waals surface area contributed by atoms with Crippen molar-refractivity contribution in [1.29, 1.82) is 0 Å². The van der Waals surface area contributed by atoms with Crippen LogP contribution in [0, 0.1) is 11.2 Å². The Labute approximate surface area is 167 Å².